The molecule has 4 heteroatoms. The van der Waals surface area contributed by atoms with Crippen LogP contribution in [0.15, 0.2) is 48.7 Å². The third-order valence-electron chi connectivity index (χ3n) is 5.78. The first kappa shape index (κ1) is 19.8. The highest BCUT2D eigenvalue weighted by Gasteiger charge is 2.41. The van der Waals surface area contributed by atoms with E-state index in [0.717, 1.165) is 36.0 Å². The maximum Gasteiger partial charge on any atom is 0.391 e. The van der Waals surface area contributed by atoms with Gasteiger partial charge in [0.25, 0.3) is 0 Å². The summed E-state index contributed by atoms with van der Waals surface area (Å²) in [6.45, 7) is 12.2. The molecule has 0 bridgehead atoms. The highest BCUT2D eigenvalue weighted by atomic mass is 19.4. The highest BCUT2D eigenvalue weighted by Crippen LogP contribution is 2.45. The molecule has 1 nitrogen and oxygen atoms in total. The maximum atomic E-state index is 13.3. The number of fused-ring (bicyclic) bond motifs is 3. The van der Waals surface area contributed by atoms with Crippen molar-refractivity contribution in [1.29, 1.82) is 0 Å². The lowest BCUT2D eigenvalue weighted by Gasteiger charge is -2.46. The Hall–Kier alpha value is -1.97. The van der Waals surface area contributed by atoms with Crippen LogP contribution in [0.25, 0.3) is 0 Å². The summed E-state index contributed by atoms with van der Waals surface area (Å²) in [7, 11) is 0. The van der Waals surface area contributed by atoms with Gasteiger partial charge >= 0.3 is 6.18 Å². The fraction of sp³-hybridized carbons (Fsp3) is 0.478. The Balaban J connectivity index is 2.10. The average Bonchev–Trinajstić information content (AvgIpc) is 2.60. The second-order valence-electron chi connectivity index (χ2n) is 7.66. The van der Waals surface area contributed by atoms with Gasteiger partial charge in [-0.2, -0.15) is 13.2 Å². The summed E-state index contributed by atoms with van der Waals surface area (Å²) in [6, 6.07) is 3.76. The Morgan fingerprint density at radius 1 is 1.19 bits per heavy atom. The van der Waals surface area contributed by atoms with Crippen molar-refractivity contribution in [3.05, 3.63) is 71.0 Å². The van der Waals surface area contributed by atoms with Crippen LogP contribution >= 0.6 is 0 Å². The van der Waals surface area contributed by atoms with E-state index in [1.54, 1.807) is 6.08 Å². The van der Waals surface area contributed by atoms with Crippen LogP contribution in [0.5, 0.6) is 0 Å². The predicted molar refractivity (Wildman–Crippen MR) is 105 cm³/mol. The van der Waals surface area contributed by atoms with Gasteiger partial charge in [-0.25, -0.2) is 0 Å². The zero-order chi connectivity index (χ0) is 19.8. The normalized spacial score (nSPS) is 22.2. The van der Waals surface area contributed by atoms with Gasteiger partial charge < -0.3 is 4.90 Å². The average molecular weight is 375 g/mol. The summed E-state index contributed by atoms with van der Waals surface area (Å²) in [5, 5.41) is 0. The van der Waals surface area contributed by atoms with Crippen LogP contribution in [0.1, 0.15) is 61.4 Å². The molecular weight excluding hydrogens is 347 g/mol. The first-order chi connectivity index (χ1) is 12.8. The van der Waals surface area contributed by atoms with Crippen LogP contribution in [0, 0.1) is 0 Å². The molecule has 0 radical (unpaired) electrons. The van der Waals surface area contributed by atoms with Crippen molar-refractivity contribution in [3.63, 3.8) is 0 Å². The largest absolute Gasteiger partial charge is 0.391 e. The van der Waals surface area contributed by atoms with Gasteiger partial charge in [0.15, 0.2) is 0 Å². The number of halogens is 3. The lowest BCUT2D eigenvalue weighted by atomic mass is 9.79. The molecular formula is C23H28F3N. The standard InChI is InChI=1S/C23H28F3N/c1-5-8-18-10-19-11-20(13-23(24,25)26)27-14-17(7-3)15(4)9-22(27)21(19)12-16(18)6-2/h7,10,12,14,20,22H,3-6,8-9,11,13H2,1-2H3. The molecule has 0 saturated carbocycles. The van der Waals surface area contributed by atoms with Gasteiger partial charge in [0, 0.05) is 12.2 Å². The van der Waals surface area contributed by atoms with Gasteiger partial charge in [-0.15, -0.1) is 0 Å². The molecule has 0 aromatic heterocycles. The van der Waals surface area contributed by atoms with Crippen molar-refractivity contribution in [2.24, 2.45) is 0 Å². The van der Waals surface area contributed by atoms with Crippen LogP contribution in [-0.4, -0.2) is 17.1 Å². The van der Waals surface area contributed by atoms with Crippen LogP contribution in [0.3, 0.4) is 0 Å². The molecule has 3 rings (SSSR count). The number of hydrogen-bond donors (Lipinski definition) is 0. The van der Waals surface area contributed by atoms with E-state index in [0.29, 0.717) is 12.8 Å². The number of nitrogens with zero attached hydrogens (tertiary/aromatic N) is 1. The summed E-state index contributed by atoms with van der Waals surface area (Å²) >= 11 is 0. The van der Waals surface area contributed by atoms with Crippen LogP contribution < -0.4 is 0 Å². The first-order valence-corrected chi connectivity index (χ1v) is 9.78. The van der Waals surface area contributed by atoms with Crippen molar-refractivity contribution in [2.45, 2.75) is 70.6 Å². The van der Waals surface area contributed by atoms with Crippen LogP contribution in [-0.2, 0) is 19.3 Å². The van der Waals surface area contributed by atoms with E-state index >= 15 is 0 Å². The zero-order valence-corrected chi connectivity index (χ0v) is 16.2. The van der Waals surface area contributed by atoms with Gasteiger partial charge in [-0.1, -0.05) is 51.6 Å². The third-order valence-corrected chi connectivity index (χ3v) is 5.78. The molecule has 1 aromatic rings. The molecule has 0 saturated heterocycles. The fourth-order valence-corrected chi connectivity index (χ4v) is 4.51. The van der Waals surface area contributed by atoms with Crippen LogP contribution in [0.2, 0.25) is 0 Å². The summed E-state index contributed by atoms with van der Waals surface area (Å²) in [4.78, 5) is 1.92. The van der Waals surface area contributed by atoms with Crippen molar-refractivity contribution in [1.82, 2.24) is 4.90 Å². The summed E-state index contributed by atoms with van der Waals surface area (Å²) < 4.78 is 39.8. The SMILES string of the molecule is C=CC1=CN2C(CC(F)(F)F)Cc3cc(CCC)c(CC)cc3C2CC1=C. The maximum absolute atomic E-state index is 13.3. The van der Waals surface area contributed by atoms with Gasteiger partial charge in [-0.05, 0) is 59.1 Å². The monoisotopic (exact) mass is 375 g/mol. The Bertz CT molecular complexity index is 773. The molecule has 0 spiro atoms. The van der Waals surface area contributed by atoms with E-state index in [9.17, 15) is 13.2 Å². The van der Waals surface area contributed by atoms with Crippen LogP contribution in [0.4, 0.5) is 13.2 Å². The van der Waals surface area contributed by atoms with Crippen molar-refractivity contribution >= 4 is 0 Å². The lowest BCUT2D eigenvalue weighted by Crippen LogP contribution is -2.44. The quantitative estimate of drug-likeness (QED) is 0.571. The first-order valence-electron chi connectivity index (χ1n) is 9.78. The number of benzene rings is 1. The summed E-state index contributed by atoms with van der Waals surface area (Å²) in [5.41, 5.74) is 6.64. The number of alkyl halides is 3. The fourth-order valence-electron chi connectivity index (χ4n) is 4.51. The van der Waals surface area contributed by atoms with Crippen molar-refractivity contribution < 1.29 is 13.2 Å². The lowest BCUT2D eigenvalue weighted by molar-refractivity contribution is -0.148. The molecule has 0 N–H and O–H groups in total. The van der Waals surface area contributed by atoms with Gasteiger partial charge in [0.1, 0.15) is 0 Å². The van der Waals surface area contributed by atoms with E-state index in [4.69, 9.17) is 0 Å². The van der Waals surface area contributed by atoms with Crippen molar-refractivity contribution in [2.75, 3.05) is 0 Å². The molecule has 2 unspecified atom stereocenters. The van der Waals surface area contributed by atoms with E-state index in [-0.39, 0.29) is 6.04 Å². The topological polar surface area (TPSA) is 3.24 Å². The van der Waals surface area contributed by atoms with Crippen molar-refractivity contribution in [3.8, 4) is 0 Å². The summed E-state index contributed by atoms with van der Waals surface area (Å²) in [6.07, 6.45) is 2.59. The minimum atomic E-state index is -4.18. The molecule has 2 aliphatic rings. The second kappa shape index (κ2) is 7.57. The Morgan fingerprint density at radius 3 is 2.52 bits per heavy atom. The molecule has 2 atom stereocenters. The minimum Gasteiger partial charge on any atom is -0.366 e. The van der Waals surface area contributed by atoms with Gasteiger partial charge in [0.2, 0.25) is 0 Å². The highest BCUT2D eigenvalue weighted by molar-refractivity contribution is 5.47. The molecule has 1 aromatic carbocycles. The number of aryl methyl sites for hydroxylation is 2. The minimum absolute atomic E-state index is 0.0710. The van der Waals surface area contributed by atoms with Gasteiger partial charge in [0.05, 0.1) is 12.5 Å². The Kier molecular flexibility index (Phi) is 5.55. The second-order valence-corrected chi connectivity index (χ2v) is 7.66. The Labute approximate surface area is 160 Å². The zero-order valence-electron chi connectivity index (χ0n) is 16.2. The van der Waals surface area contributed by atoms with E-state index in [2.05, 4.69) is 39.1 Å². The number of hydrogen-bond acceptors (Lipinski definition) is 1. The van der Waals surface area contributed by atoms with E-state index in [1.165, 1.54) is 16.7 Å². The third kappa shape index (κ3) is 3.99. The predicted octanol–water partition coefficient (Wildman–Crippen LogP) is 6.45. The number of rotatable bonds is 5. The molecule has 2 aliphatic heterocycles. The summed E-state index contributed by atoms with van der Waals surface area (Å²) in [5.74, 6) is 0. The Morgan fingerprint density at radius 2 is 1.93 bits per heavy atom. The molecule has 146 valence electrons. The smallest absolute Gasteiger partial charge is 0.366 e. The molecule has 0 aliphatic carbocycles. The number of allylic oxidation sites excluding steroid dienone is 2. The van der Waals surface area contributed by atoms with E-state index in [1.807, 2.05) is 11.1 Å². The van der Waals surface area contributed by atoms with E-state index < -0.39 is 18.6 Å². The van der Waals surface area contributed by atoms with Gasteiger partial charge in [-0.3, -0.25) is 0 Å². The molecule has 2 heterocycles. The molecule has 0 amide bonds. The molecule has 0 fully saturated rings. The molecule has 27 heavy (non-hydrogen) atoms.